The van der Waals surface area contributed by atoms with Crippen molar-refractivity contribution in [3.63, 3.8) is 0 Å². The highest BCUT2D eigenvalue weighted by Gasteiger charge is 2.25. The van der Waals surface area contributed by atoms with E-state index in [1.54, 1.807) is 0 Å². The molecule has 2 atom stereocenters. The van der Waals surface area contributed by atoms with Crippen LogP contribution in [-0.2, 0) is 0 Å². The van der Waals surface area contributed by atoms with Crippen molar-refractivity contribution in [2.24, 2.45) is 0 Å². The molecule has 1 N–H and O–H groups in total. The summed E-state index contributed by atoms with van der Waals surface area (Å²) in [6, 6.07) is 2.73. The third-order valence-corrected chi connectivity index (χ3v) is 3.84. The van der Waals surface area contributed by atoms with E-state index < -0.39 is 17.5 Å². The van der Waals surface area contributed by atoms with Gasteiger partial charge in [-0.05, 0) is 43.9 Å². The van der Waals surface area contributed by atoms with Gasteiger partial charge in [0.25, 0.3) is 0 Å². The van der Waals surface area contributed by atoms with Gasteiger partial charge in [0.2, 0.25) is 0 Å². The Hall–Kier alpha value is -1.03. The summed E-state index contributed by atoms with van der Waals surface area (Å²) in [5, 5.41) is 3.20. The third-order valence-electron chi connectivity index (χ3n) is 3.84. The van der Waals surface area contributed by atoms with Gasteiger partial charge in [-0.2, -0.15) is 0 Å². The molecule has 0 aromatic heterocycles. The Bertz CT molecular complexity index is 420. The Morgan fingerprint density at radius 2 is 1.78 bits per heavy atom. The van der Waals surface area contributed by atoms with Gasteiger partial charge in [0.15, 0.2) is 17.5 Å². The van der Waals surface area contributed by atoms with Crippen molar-refractivity contribution in [3.8, 4) is 0 Å². The Morgan fingerprint density at radius 3 is 2.50 bits per heavy atom. The number of benzene rings is 1. The zero-order valence-corrected chi connectivity index (χ0v) is 10.5. The molecule has 0 saturated heterocycles. The highest BCUT2D eigenvalue weighted by molar-refractivity contribution is 5.24. The maximum atomic E-state index is 13.8. The van der Waals surface area contributed by atoms with Gasteiger partial charge < -0.3 is 5.32 Å². The van der Waals surface area contributed by atoms with Crippen molar-refractivity contribution in [2.45, 2.75) is 44.1 Å². The molecule has 2 rings (SSSR count). The molecule has 0 radical (unpaired) electrons. The lowest BCUT2D eigenvalue weighted by atomic mass is 9.90. The predicted octanol–water partition coefficient (Wildman–Crippen LogP) is 3.74. The van der Waals surface area contributed by atoms with Crippen LogP contribution in [0.2, 0.25) is 0 Å². The number of halogens is 3. The quantitative estimate of drug-likeness (QED) is 0.628. The minimum atomic E-state index is -1.35. The standard InChI is InChI=1S/C14H18F3N/c1-18-10-5-3-2-4-9(8-10)11-6-7-12(15)14(17)13(11)16/h6-7,9-10,18H,2-5,8H2,1H3. The van der Waals surface area contributed by atoms with Crippen molar-refractivity contribution in [3.05, 3.63) is 35.1 Å². The number of rotatable bonds is 2. The van der Waals surface area contributed by atoms with Crippen LogP contribution < -0.4 is 5.32 Å². The molecule has 2 unspecified atom stereocenters. The summed E-state index contributed by atoms with van der Waals surface area (Å²) in [4.78, 5) is 0. The van der Waals surface area contributed by atoms with Crippen molar-refractivity contribution in [1.29, 1.82) is 0 Å². The molecule has 18 heavy (non-hydrogen) atoms. The van der Waals surface area contributed by atoms with Crippen LogP contribution in [0.15, 0.2) is 12.1 Å². The van der Waals surface area contributed by atoms with Crippen molar-refractivity contribution < 1.29 is 13.2 Å². The van der Waals surface area contributed by atoms with E-state index in [-0.39, 0.29) is 5.92 Å². The molecule has 0 heterocycles. The zero-order chi connectivity index (χ0) is 13.1. The summed E-state index contributed by atoms with van der Waals surface area (Å²) in [7, 11) is 1.88. The highest BCUT2D eigenvalue weighted by Crippen LogP contribution is 2.34. The van der Waals surface area contributed by atoms with Gasteiger partial charge in [0.05, 0.1) is 0 Å². The Labute approximate surface area is 105 Å². The van der Waals surface area contributed by atoms with Gasteiger partial charge in [0, 0.05) is 6.04 Å². The van der Waals surface area contributed by atoms with Crippen molar-refractivity contribution >= 4 is 0 Å². The molecular weight excluding hydrogens is 239 g/mol. The third kappa shape index (κ3) is 2.69. The second-order valence-corrected chi connectivity index (χ2v) is 4.97. The highest BCUT2D eigenvalue weighted by atomic mass is 19.2. The number of hydrogen-bond acceptors (Lipinski definition) is 1. The average Bonchev–Trinajstić information content (AvgIpc) is 2.61. The van der Waals surface area contributed by atoms with Crippen LogP contribution in [-0.4, -0.2) is 13.1 Å². The molecule has 1 aliphatic carbocycles. The maximum Gasteiger partial charge on any atom is 0.194 e. The van der Waals surface area contributed by atoms with Crippen LogP contribution in [0.3, 0.4) is 0 Å². The van der Waals surface area contributed by atoms with E-state index in [2.05, 4.69) is 5.32 Å². The van der Waals surface area contributed by atoms with Crippen LogP contribution in [0, 0.1) is 17.5 Å². The van der Waals surface area contributed by atoms with Crippen LogP contribution >= 0.6 is 0 Å². The Balaban J connectivity index is 2.27. The lowest BCUT2D eigenvalue weighted by molar-refractivity contribution is 0.419. The molecule has 1 fully saturated rings. The van der Waals surface area contributed by atoms with Crippen LogP contribution in [0.25, 0.3) is 0 Å². The van der Waals surface area contributed by atoms with Crippen LogP contribution in [0.1, 0.15) is 43.6 Å². The molecule has 100 valence electrons. The monoisotopic (exact) mass is 257 g/mol. The van der Waals surface area contributed by atoms with Crippen LogP contribution in [0.4, 0.5) is 13.2 Å². The smallest absolute Gasteiger partial charge is 0.194 e. The normalized spacial score (nSPS) is 24.9. The first-order valence-electron chi connectivity index (χ1n) is 6.44. The van der Waals surface area contributed by atoms with E-state index in [1.165, 1.54) is 6.07 Å². The fourth-order valence-electron chi connectivity index (χ4n) is 2.76. The molecular formula is C14H18F3N. The molecule has 1 aliphatic rings. The lowest BCUT2D eigenvalue weighted by Crippen LogP contribution is -2.26. The van der Waals surface area contributed by atoms with Gasteiger partial charge >= 0.3 is 0 Å². The van der Waals surface area contributed by atoms with Gasteiger partial charge in [-0.3, -0.25) is 0 Å². The van der Waals surface area contributed by atoms with E-state index in [4.69, 9.17) is 0 Å². The molecule has 1 aromatic rings. The fraction of sp³-hybridized carbons (Fsp3) is 0.571. The molecule has 0 aliphatic heterocycles. The van der Waals surface area contributed by atoms with Gasteiger partial charge in [-0.15, -0.1) is 0 Å². The second kappa shape index (κ2) is 5.74. The molecule has 1 nitrogen and oxygen atoms in total. The Kier molecular flexibility index (Phi) is 4.27. The fourth-order valence-corrected chi connectivity index (χ4v) is 2.76. The minimum Gasteiger partial charge on any atom is -0.317 e. The van der Waals surface area contributed by atoms with Crippen molar-refractivity contribution in [1.82, 2.24) is 5.32 Å². The Morgan fingerprint density at radius 1 is 1.06 bits per heavy atom. The summed E-state index contributed by atoms with van der Waals surface area (Å²) >= 11 is 0. The number of nitrogens with one attached hydrogen (secondary N) is 1. The van der Waals surface area contributed by atoms with E-state index in [1.807, 2.05) is 7.05 Å². The zero-order valence-electron chi connectivity index (χ0n) is 10.5. The van der Waals surface area contributed by atoms with Crippen molar-refractivity contribution in [2.75, 3.05) is 7.05 Å². The SMILES string of the molecule is CNC1CCCCC(c2ccc(F)c(F)c2F)C1. The van der Waals surface area contributed by atoms with Gasteiger partial charge in [-0.1, -0.05) is 18.9 Å². The van der Waals surface area contributed by atoms with Gasteiger partial charge in [-0.25, -0.2) is 13.2 Å². The van der Waals surface area contributed by atoms with Gasteiger partial charge in [0.1, 0.15) is 0 Å². The summed E-state index contributed by atoms with van der Waals surface area (Å²) in [5.74, 6) is -3.51. The summed E-state index contributed by atoms with van der Waals surface area (Å²) in [6.45, 7) is 0. The van der Waals surface area contributed by atoms with E-state index in [9.17, 15) is 13.2 Å². The molecule has 4 heteroatoms. The van der Waals surface area contributed by atoms with E-state index in [0.29, 0.717) is 11.6 Å². The van der Waals surface area contributed by atoms with Crippen LogP contribution in [0.5, 0.6) is 0 Å². The lowest BCUT2D eigenvalue weighted by Gasteiger charge is -2.20. The molecule has 1 saturated carbocycles. The summed E-state index contributed by atoms with van der Waals surface area (Å²) in [5.41, 5.74) is 0.316. The average molecular weight is 257 g/mol. The number of hydrogen-bond donors (Lipinski definition) is 1. The van der Waals surface area contributed by atoms with E-state index in [0.717, 1.165) is 38.2 Å². The minimum absolute atomic E-state index is 0.0277. The molecule has 0 bridgehead atoms. The first-order valence-corrected chi connectivity index (χ1v) is 6.44. The summed E-state index contributed by atoms with van der Waals surface area (Å²) < 4.78 is 40.0. The molecule has 0 amide bonds. The first kappa shape index (κ1) is 13.4. The largest absolute Gasteiger partial charge is 0.317 e. The summed E-state index contributed by atoms with van der Waals surface area (Å²) in [6.07, 6.45) is 4.76. The topological polar surface area (TPSA) is 12.0 Å². The predicted molar refractivity (Wildman–Crippen MR) is 65.0 cm³/mol. The maximum absolute atomic E-state index is 13.8. The molecule has 0 spiro atoms. The van der Waals surface area contributed by atoms with E-state index >= 15 is 0 Å². The molecule has 1 aromatic carbocycles. The first-order chi connectivity index (χ1) is 8.63. The second-order valence-electron chi connectivity index (χ2n) is 4.97.